The van der Waals surface area contributed by atoms with Crippen molar-refractivity contribution in [2.45, 2.75) is 38.5 Å². The van der Waals surface area contributed by atoms with Gasteiger partial charge in [-0.2, -0.15) is 0 Å². The smallest absolute Gasteiger partial charge is 0.177 e. The van der Waals surface area contributed by atoms with Crippen LogP contribution in [0.25, 0.3) is 0 Å². The monoisotopic (exact) mass is 378 g/mol. The van der Waals surface area contributed by atoms with Crippen molar-refractivity contribution in [1.29, 1.82) is 0 Å². The summed E-state index contributed by atoms with van der Waals surface area (Å²) in [6.07, 6.45) is 13.2. The van der Waals surface area contributed by atoms with Crippen molar-refractivity contribution in [3.8, 4) is 11.5 Å². The van der Waals surface area contributed by atoms with E-state index in [9.17, 15) is 4.79 Å². The van der Waals surface area contributed by atoms with Crippen LogP contribution in [0, 0.1) is 0 Å². The van der Waals surface area contributed by atoms with Crippen LogP contribution in [0.3, 0.4) is 0 Å². The van der Waals surface area contributed by atoms with E-state index in [1.165, 1.54) is 11.1 Å². The maximum Gasteiger partial charge on any atom is 0.177 e. The molecule has 0 radical (unpaired) electrons. The van der Waals surface area contributed by atoms with Gasteiger partial charge in [-0.25, -0.2) is 0 Å². The Morgan fingerprint density at radius 2 is 1.11 bits per heavy atom. The van der Waals surface area contributed by atoms with Gasteiger partial charge in [-0.15, -0.1) is 0 Å². The first-order chi connectivity index (χ1) is 13.7. The van der Waals surface area contributed by atoms with Gasteiger partial charge in [0.15, 0.2) is 5.78 Å². The van der Waals surface area contributed by atoms with E-state index in [2.05, 4.69) is 24.3 Å². The zero-order valence-corrected chi connectivity index (χ0v) is 16.9. The predicted octanol–water partition coefficient (Wildman–Crippen LogP) is 5.73. The highest BCUT2D eigenvalue weighted by Crippen LogP contribution is 2.14. The lowest BCUT2D eigenvalue weighted by molar-refractivity contribution is -0.110. The highest BCUT2D eigenvalue weighted by atomic mass is 16.5. The number of benzene rings is 2. The maximum atomic E-state index is 11.8. The molecule has 0 amide bonds. The molecule has 28 heavy (non-hydrogen) atoms. The van der Waals surface area contributed by atoms with Crippen LogP contribution >= 0.6 is 0 Å². The molecule has 0 heterocycles. The summed E-state index contributed by atoms with van der Waals surface area (Å²) < 4.78 is 10.3. The van der Waals surface area contributed by atoms with Gasteiger partial charge in [0.25, 0.3) is 0 Å². The van der Waals surface area contributed by atoms with E-state index in [1.54, 1.807) is 26.4 Å². The Hall–Kier alpha value is -2.81. The fourth-order valence-electron chi connectivity index (χ4n) is 2.89. The minimum atomic E-state index is 0.0638. The van der Waals surface area contributed by atoms with Crippen molar-refractivity contribution < 1.29 is 14.3 Å². The molecule has 2 rings (SSSR count). The molecule has 0 atom stereocenters. The lowest BCUT2D eigenvalue weighted by atomic mass is 10.1. The molecule has 2 aromatic carbocycles. The number of aryl methyl sites for hydroxylation is 2. The molecule has 0 aliphatic rings. The first kappa shape index (κ1) is 21.5. The van der Waals surface area contributed by atoms with E-state index in [-0.39, 0.29) is 5.78 Å². The molecule has 2 aromatic rings. The molecule has 3 nitrogen and oxygen atoms in total. The summed E-state index contributed by atoms with van der Waals surface area (Å²) in [5, 5.41) is 0. The second kappa shape index (κ2) is 12.6. The van der Waals surface area contributed by atoms with E-state index < -0.39 is 0 Å². The molecule has 0 bridgehead atoms. The number of unbranched alkanes of at least 4 members (excludes halogenated alkanes) is 2. The second-order valence-corrected chi connectivity index (χ2v) is 6.69. The molecule has 0 fully saturated rings. The van der Waals surface area contributed by atoms with Crippen molar-refractivity contribution in [3.63, 3.8) is 0 Å². The zero-order chi connectivity index (χ0) is 20.0. The summed E-state index contributed by atoms with van der Waals surface area (Å²) in [6.45, 7) is 0. The summed E-state index contributed by atoms with van der Waals surface area (Å²) in [5.41, 5.74) is 2.58. The van der Waals surface area contributed by atoms with E-state index >= 15 is 0 Å². The summed E-state index contributed by atoms with van der Waals surface area (Å²) in [7, 11) is 3.35. The van der Waals surface area contributed by atoms with Crippen LogP contribution in [-0.2, 0) is 17.6 Å². The summed E-state index contributed by atoms with van der Waals surface area (Å²) in [6, 6.07) is 16.3. The number of rotatable bonds is 12. The standard InChI is InChI=1S/C25H30O3/c1-27-24-17-13-21(14-18-24)9-5-3-7-11-23(26)12-8-4-6-10-22-15-19-25(28-2)20-16-22/h7-8,11-20H,3-6,9-10H2,1-2H3. The zero-order valence-electron chi connectivity index (χ0n) is 16.9. The third-order valence-corrected chi connectivity index (χ3v) is 4.55. The minimum absolute atomic E-state index is 0.0638. The highest BCUT2D eigenvalue weighted by molar-refractivity contribution is 5.99. The average Bonchev–Trinajstić information content (AvgIpc) is 2.74. The maximum absolute atomic E-state index is 11.8. The second-order valence-electron chi connectivity index (χ2n) is 6.69. The Kier molecular flexibility index (Phi) is 9.64. The Morgan fingerprint density at radius 1 is 0.714 bits per heavy atom. The van der Waals surface area contributed by atoms with Crippen LogP contribution in [0.4, 0.5) is 0 Å². The lowest BCUT2D eigenvalue weighted by Gasteiger charge is -2.02. The Labute approximate surface area is 168 Å². The molecule has 148 valence electrons. The lowest BCUT2D eigenvalue weighted by Crippen LogP contribution is -1.88. The topological polar surface area (TPSA) is 35.5 Å². The normalized spacial score (nSPS) is 11.2. The van der Waals surface area contributed by atoms with Crippen molar-refractivity contribution in [3.05, 3.63) is 84.0 Å². The van der Waals surface area contributed by atoms with Crippen LogP contribution in [0.1, 0.15) is 36.8 Å². The van der Waals surface area contributed by atoms with Crippen LogP contribution in [0.5, 0.6) is 11.5 Å². The van der Waals surface area contributed by atoms with E-state index in [0.29, 0.717) is 0 Å². The molecule has 0 aromatic heterocycles. The average molecular weight is 379 g/mol. The quantitative estimate of drug-likeness (QED) is 0.349. The molecule has 0 spiro atoms. The van der Waals surface area contributed by atoms with Gasteiger partial charge >= 0.3 is 0 Å². The first-order valence-corrected chi connectivity index (χ1v) is 9.84. The van der Waals surface area contributed by atoms with E-state index in [1.807, 2.05) is 36.4 Å². The molecule has 0 saturated carbocycles. The van der Waals surface area contributed by atoms with Crippen LogP contribution in [0.15, 0.2) is 72.8 Å². The van der Waals surface area contributed by atoms with Crippen LogP contribution < -0.4 is 9.47 Å². The SMILES string of the molecule is COc1ccc(CCCC=CC(=O)C=CCCCc2ccc(OC)cc2)cc1. The van der Waals surface area contributed by atoms with E-state index in [0.717, 1.165) is 50.0 Å². The highest BCUT2D eigenvalue weighted by Gasteiger charge is 1.96. The molecule has 0 aliphatic heterocycles. The molecule has 3 heteroatoms. The van der Waals surface area contributed by atoms with Gasteiger partial charge in [0.1, 0.15) is 11.5 Å². The van der Waals surface area contributed by atoms with Crippen LogP contribution in [0.2, 0.25) is 0 Å². The number of carbonyl (C=O) groups excluding carboxylic acids is 1. The number of allylic oxidation sites excluding steroid dienone is 4. The summed E-state index contributed by atoms with van der Waals surface area (Å²) >= 11 is 0. The van der Waals surface area contributed by atoms with Crippen molar-refractivity contribution in [2.24, 2.45) is 0 Å². The first-order valence-electron chi connectivity index (χ1n) is 9.84. The predicted molar refractivity (Wildman–Crippen MR) is 115 cm³/mol. The van der Waals surface area contributed by atoms with Gasteiger partial charge in [0.05, 0.1) is 14.2 Å². The number of hydrogen-bond acceptors (Lipinski definition) is 3. The molecule has 0 aliphatic carbocycles. The molecule has 0 unspecified atom stereocenters. The fraction of sp³-hybridized carbons (Fsp3) is 0.320. The largest absolute Gasteiger partial charge is 0.497 e. The number of carbonyl (C=O) groups is 1. The van der Waals surface area contributed by atoms with Gasteiger partial charge in [0, 0.05) is 0 Å². The summed E-state index contributed by atoms with van der Waals surface area (Å²) in [5.74, 6) is 1.82. The van der Waals surface area contributed by atoms with Gasteiger partial charge in [-0.1, -0.05) is 36.4 Å². The van der Waals surface area contributed by atoms with Crippen molar-refractivity contribution in [2.75, 3.05) is 14.2 Å². The Bertz CT molecular complexity index is 690. The molecule has 0 saturated heterocycles. The van der Waals surface area contributed by atoms with Crippen molar-refractivity contribution >= 4 is 5.78 Å². The number of ketones is 1. The van der Waals surface area contributed by atoms with Gasteiger partial charge in [-0.3, -0.25) is 4.79 Å². The molecule has 0 N–H and O–H groups in total. The third-order valence-electron chi connectivity index (χ3n) is 4.55. The molecular formula is C25H30O3. The third kappa shape index (κ3) is 8.26. The number of methoxy groups -OCH3 is 2. The minimum Gasteiger partial charge on any atom is -0.497 e. The Morgan fingerprint density at radius 3 is 1.46 bits per heavy atom. The van der Waals surface area contributed by atoms with Gasteiger partial charge in [-0.05, 0) is 86.1 Å². The van der Waals surface area contributed by atoms with E-state index in [4.69, 9.17) is 9.47 Å². The fourth-order valence-corrected chi connectivity index (χ4v) is 2.89. The summed E-state index contributed by atoms with van der Waals surface area (Å²) in [4.78, 5) is 11.8. The molecular weight excluding hydrogens is 348 g/mol. The van der Waals surface area contributed by atoms with Crippen LogP contribution in [-0.4, -0.2) is 20.0 Å². The van der Waals surface area contributed by atoms with Gasteiger partial charge < -0.3 is 9.47 Å². The van der Waals surface area contributed by atoms with Gasteiger partial charge in [0.2, 0.25) is 0 Å². The Balaban J connectivity index is 1.57. The number of ether oxygens (including phenoxy) is 2. The van der Waals surface area contributed by atoms with Crippen molar-refractivity contribution in [1.82, 2.24) is 0 Å². The number of hydrogen-bond donors (Lipinski definition) is 0.